The average molecular weight is 337 g/mol. The average Bonchev–Trinajstić information content (AvgIpc) is 2.60. The number of piperazine rings is 1. The molecule has 23 heavy (non-hydrogen) atoms. The first-order valence-corrected chi connectivity index (χ1v) is 9.00. The molecule has 0 N–H and O–H groups in total. The molecule has 0 aliphatic carbocycles. The fourth-order valence-electron chi connectivity index (χ4n) is 2.75. The van der Waals surface area contributed by atoms with Gasteiger partial charge in [-0.1, -0.05) is 0 Å². The number of fused-ring (bicyclic) bond motifs is 1. The highest BCUT2D eigenvalue weighted by Crippen LogP contribution is 2.33. The fraction of sp³-hybridized carbons (Fsp3) is 0.533. The molecule has 0 bridgehead atoms. The maximum Gasteiger partial charge on any atom is 0.243 e. The summed E-state index contributed by atoms with van der Waals surface area (Å²) in [5.41, 5.74) is 0. The van der Waals surface area contributed by atoms with E-state index in [0.29, 0.717) is 50.9 Å². The molecular formula is C15H19N3O4S. The van der Waals surface area contributed by atoms with Gasteiger partial charge >= 0.3 is 0 Å². The number of hydrogen-bond donors (Lipinski definition) is 0. The first-order chi connectivity index (χ1) is 11.0. The van der Waals surface area contributed by atoms with E-state index in [4.69, 9.17) is 14.7 Å². The van der Waals surface area contributed by atoms with Crippen molar-refractivity contribution in [2.75, 3.05) is 39.4 Å². The molecule has 0 amide bonds. The van der Waals surface area contributed by atoms with E-state index in [1.165, 1.54) is 10.4 Å². The molecule has 0 radical (unpaired) electrons. The van der Waals surface area contributed by atoms with Gasteiger partial charge in [0.05, 0.1) is 17.0 Å². The van der Waals surface area contributed by atoms with Crippen LogP contribution >= 0.6 is 0 Å². The number of nitriles is 1. The van der Waals surface area contributed by atoms with Crippen LogP contribution in [0.5, 0.6) is 11.5 Å². The summed E-state index contributed by atoms with van der Waals surface area (Å²) >= 11 is 0. The maximum atomic E-state index is 12.8. The van der Waals surface area contributed by atoms with E-state index in [1.807, 2.05) is 11.8 Å². The van der Waals surface area contributed by atoms with Crippen LogP contribution in [0.2, 0.25) is 0 Å². The summed E-state index contributed by atoms with van der Waals surface area (Å²) < 4.78 is 37.9. The van der Waals surface area contributed by atoms with Crippen molar-refractivity contribution >= 4 is 10.0 Å². The fourth-order valence-corrected chi connectivity index (χ4v) is 4.18. The number of rotatable bonds is 3. The largest absolute Gasteiger partial charge is 0.486 e. The molecule has 8 heteroatoms. The molecule has 1 fully saturated rings. The van der Waals surface area contributed by atoms with Crippen molar-refractivity contribution in [2.24, 2.45) is 0 Å². The van der Waals surface area contributed by atoms with Gasteiger partial charge in [-0.3, -0.25) is 4.90 Å². The monoisotopic (exact) mass is 337 g/mol. The standard InChI is InChI=1S/C15H19N3O4S/c1-12(11-16)17-4-6-18(7-5-17)23(19,20)13-2-3-14-15(10-13)22-9-8-21-14/h2-3,10,12H,4-9H2,1H3/t12-/m0/s1. The maximum absolute atomic E-state index is 12.8. The Morgan fingerprint density at radius 2 is 1.78 bits per heavy atom. The van der Waals surface area contributed by atoms with Crippen LogP contribution in [0, 0.1) is 11.3 Å². The second kappa shape index (κ2) is 6.35. The van der Waals surface area contributed by atoms with Crippen LogP contribution in [0.3, 0.4) is 0 Å². The predicted molar refractivity (Wildman–Crippen MR) is 82.8 cm³/mol. The Morgan fingerprint density at radius 1 is 1.13 bits per heavy atom. The number of sulfonamides is 1. The Morgan fingerprint density at radius 3 is 2.43 bits per heavy atom. The van der Waals surface area contributed by atoms with Crippen molar-refractivity contribution in [3.63, 3.8) is 0 Å². The van der Waals surface area contributed by atoms with Crippen molar-refractivity contribution in [3.8, 4) is 17.6 Å². The summed E-state index contributed by atoms with van der Waals surface area (Å²) in [6, 6.07) is 6.69. The van der Waals surface area contributed by atoms with Gasteiger partial charge in [0, 0.05) is 32.2 Å². The van der Waals surface area contributed by atoms with E-state index in [1.54, 1.807) is 12.1 Å². The van der Waals surface area contributed by atoms with Gasteiger partial charge in [0.25, 0.3) is 0 Å². The topological polar surface area (TPSA) is 82.9 Å². The van der Waals surface area contributed by atoms with E-state index in [-0.39, 0.29) is 10.9 Å². The lowest BCUT2D eigenvalue weighted by Crippen LogP contribution is -2.50. The smallest absolute Gasteiger partial charge is 0.243 e. The lowest BCUT2D eigenvalue weighted by Gasteiger charge is -2.35. The van der Waals surface area contributed by atoms with Crippen LogP contribution < -0.4 is 9.47 Å². The molecule has 1 aromatic rings. The third-order valence-electron chi connectivity index (χ3n) is 4.16. The zero-order chi connectivity index (χ0) is 16.4. The van der Waals surface area contributed by atoms with Crippen LogP contribution in [-0.4, -0.2) is 63.1 Å². The molecule has 2 heterocycles. The summed E-state index contributed by atoms with van der Waals surface area (Å²) in [5, 5.41) is 8.95. The molecule has 0 saturated carbocycles. The summed E-state index contributed by atoms with van der Waals surface area (Å²) in [6.45, 7) is 4.58. The van der Waals surface area contributed by atoms with Gasteiger partial charge in [-0.05, 0) is 19.1 Å². The molecule has 1 aromatic carbocycles. The van der Waals surface area contributed by atoms with Gasteiger partial charge in [0.15, 0.2) is 11.5 Å². The highest BCUT2D eigenvalue weighted by atomic mass is 32.2. The lowest BCUT2D eigenvalue weighted by atomic mass is 10.2. The highest BCUT2D eigenvalue weighted by Gasteiger charge is 2.30. The first-order valence-electron chi connectivity index (χ1n) is 7.56. The van der Waals surface area contributed by atoms with E-state index in [9.17, 15) is 8.42 Å². The Hall–Kier alpha value is -1.82. The molecule has 3 rings (SSSR count). The number of hydrogen-bond acceptors (Lipinski definition) is 6. The van der Waals surface area contributed by atoms with Crippen molar-refractivity contribution in [1.82, 2.24) is 9.21 Å². The Balaban J connectivity index is 1.76. The normalized spacial score (nSPS) is 20.7. The van der Waals surface area contributed by atoms with Crippen molar-refractivity contribution in [1.29, 1.82) is 5.26 Å². The second-order valence-electron chi connectivity index (χ2n) is 5.55. The third kappa shape index (κ3) is 3.13. The van der Waals surface area contributed by atoms with Gasteiger partial charge < -0.3 is 9.47 Å². The Labute approximate surface area is 136 Å². The quantitative estimate of drug-likeness (QED) is 0.806. The van der Waals surface area contributed by atoms with Crippen LogP contribution in [-0.2, 0) is 10.0 Å². The van der Waals surface area contributed by atoms with Gasteiger partial charge in [-0.25, -0.2) is 8.42 Å². The Bertz CT molecular complexity index is 721. The van der Waals surface area contributed by atoms with Crippen molar-refractivity contribution in [3.05, 3.63) is 18.2 Å². The number of ether oxygens (including phenoxy) is 2. The van der Waals surface area contributed by atoms with E-state index in [0.717, 1.165) is 0 Å². The summed E-state index contributed by atoms with van der Waals surface area (Å²) in [6.07, 6.45) is 0. The molecule has 0 aromatic heterocycles. The van der Waals surface area contributed by atoms with E-state index >= 15 is 0 Å². The SMILES string of the molecule is C[C@@H](C#N)N1CCN(S(=O)(=O)c2ccc3c(c2)OCCO3)CC1. The number of nitrogens with zero attached hydrogens (tertiary/aromatic N) is 3. The Kier molecular flexibility index (Phi) is 4.43. The minimum atomic E-state index is -3.56. The molecular weight excluding hydrogens is 318 g/mol. The van der Waals surface area contributed by atoms with Crippen LogP contribution in [0.1, 0.15) is 6.92 Å². The lowest BCUT2D eigenvalue weighted by molar-refractivity contribution is 0.168. The molecule has 2 aliphatic heterocycles. The first kappa shape index (κ1) is 16.1. The minimum Gasteiger partial charge on any atom is -0.486 e. The van der Waals surface area contributed by atoms with Crippen molar-refractivity contribution < 1.29 is 17.9 Å². The summed E-state index contributed by atoms with van der Waals surface area (Å²) in [7, 11) is -3.56. The molecule has 1 saturated heterocycles. The zero-order valence-corrected chi connectivity index (χ0v) is 13.8. The van der Waals surface area contributed by atoms with Crippen molar-refractivity contribution in [2.45, 2.75) is 17.9 Å². The third-order valence-corrected chi connectivity index (χ3v) is 6.05. The second-order valence-corrected chi connectivity index (χ2v) is 7.49. The van der Waals surface area contributed by atoms with Gasteiger partial charge in [-0.2, -0.15) is 9.57 Å². The molecule has 0 unspecified atom stereocenters. The minimum absolute atomic E-state index is 0.200. The zero-order valence-electron chi connectivity index (χ0n) is 12.9. The predicted octanol–water partition coefficient (Wildman–Crippen LogP) is 0.676. The van der Waals surface area contributed by atoms with Crippen LogP contribution in [0.25, 0.3) is 0 Å². The van der Waals surface area contributed by atoms with Crippen LogP contribution in [0.15, 0.2) is 23.1 Å². The summed E-state index contributed by atoms with van der Waals surface area (Å²) in [5.74, 6) is 1.04. The number of benzene rings is 1. The molecule has 1 atom stereocenters. The molecule has 0 spiro atoms. The highest BCUT2D eigenvalue weighted by molar-refractivity contribution is 7.89. The van der Waals surface area contributed by atoms with E-state index in [2.05, 4.69) is 6.07 Å². The van der Waals surface area contributed by atoms with Crippen LogP contribution in [0.4, 0.5) is 0 Å². The molecule has 2 aliphatic rings. The molecule has 7 nitrogen and oxygen atoms in total. The van der Waals surface area contributed by atoms with E-state index < -0.39 is 10.0 Å². The summed E-state index contributed by atoms with van der Waals surface area (Å²) in [4.78, 5) is 2.19. The van der Waals surface area contributed by atoms with Gasteiger partial charge in [-0.15, -0.1) is 0 Å². The van der Waals surface area contributed by atoms with Gasteiger partial charge in [0.1, 0.15) is 13.2 Å². The van der Waals surface area contributed by atoms with Gasteiger partial charge in [0.2, 0.25) is 10.0 Å². The molecule has 124 valence electrons.